The highest BCUT2D eigenvalue weighted by atomic mass is 35.5. The maximum absolute atomic E-state index is 12.1. The zero-order valence-corrected chi connectivity index (χ0v) is 12.0. The van der Waals surface area contributed by atoms with Gasteiger partial charge in [-0.1, -0.05) is 18.5 Å². The van der Waals surface area contributed by atoms with E-state index in [1.54, 1.807) is 12.1 Å². The molecule has 2 unspecified atom stereocenters. The third-order valence-corrected chi connectivity index (χ3v) is 3.64. The summed E-state index contributed by atoms with van der Waals surface area (Å²) < 4.78 is 0. The molecule has 1 aromatic carbocycles. The molecule has 2 atom stereocenters. The number of carbonyl (C=O) groups is 1. The van der Waals surface area contributed by atoms with Crippen LogP contribution in [0, 0.1) is 19.8 Å². The number of halogens is 1. The Morgan fingerprint density at radius 2 is 1.89 bits per heavy atom. The minimum atomic E-state index is -0.198. The second-order valence-electron chi connectivity index (χ2n) is 4.84. The van der Waals surface area contributed by atoms with Crippen molar-refractivity contribution < 1.29 is 9.90 Å². The van der Waals surface area contributed by atoms with Gasteiger partial charge in [0.05, 0.1) is 10.6 Å². The van der Waals surface area contributed by atoms with E-state index < -0.39 is 0 Å². The van der Waals surface area contributed by atoms with Crippen LogP contribution in [0.15, 0.2) is 12.1 Å². The van der Waals surface area contributed by atoms with Crippen molar-refractivity contribution in [3.05, 3.63) is 33.8 Å². The summed E-state index contributed by atoms with van der Waals surface area (Å²) in [6.45, 7) is 7.70. The van der Waals surface area contributed by atoms with Crippen LogP contribution in [0.5, 0.6) is 0 Å². The number of hydrogen-bond acceptors (Lipinski definition) is 2. The molecule has 0 aliphatic heterocycles. The molecule has 0 radical (unpaired) electrons. The third-order valence-electron chi connectivity index (χ3n) is 3.33. The predicted octanol–water partition coefficient (Wildman–Crippen LogP) is 2.70. The highest BCUT2D eigenvalue weighted by Gasteiger charge is 2.17. The molecule has 100 valence electrons. The van der Waals surface area contributed by atoms with Crippen molar-refractivity contribution >= 4 is 17.5 Å². The average molecular weight is 270 g/mol. The fraction of sp³-hybridized carbons (Fsp3) is 0.500. The van der Waals surface area contributed by atoms with E-state index in [4.69, 9.17) is 16.7 Å². The monoisotopic (exact) mass is 269 g/mol. The van der Waals surface area contributed by atoms with Gasteiger partial charge < -0.3 is 10.4 Å². The fourth-order valence-corrected chi connectivity index (χ4v) is 1.84. The summed E-state index contributed by atoms with van der Waals surface area (Å²) in [5, 5.41) is 12.4. The van der Waals surface area contributed by atoms with Gasteiger partial charge in [-0.2, -0.15) is 0 Å². The largest absolute Gasteiger partial charge is 0.396 e. The molecule has 0 bridgehead atoms. The molecule has 0 fully saturated rings. The van der Waals surface area contributed by atoms with Crippen LogP contribution in [0.3, 0.4) is 0 Å². The molecule has 0 spiro atoms. The molecule has 0 heterocycles. The number of aliphatic hydroxyl groups is 1. The number of carbonyl (C=O) groups excluding carboxylic acids is 1. The molecule has 18 heavy (non-hydrogen) atoms. The van der Waals surface area contributed by atoms with Gasteiger partial charge in [0.25, 0.3) is 5.91 Å². The Kier molecular flexibility index (Phi) is 5.17. The maximum atomic E-state index is 12.1. The second-order valence-corrected chi connectivity index (χ2v) is 5.25. The Morgan fingerprint density at radius 3 is 2.44 bits per heavy atom. The second kappa shape index (κ2) is 6.21. The Morgan fingerprint density at radius 1 is 1.33 bits per heavy atom. The number of aryl methyl sites for hydroxylation is 2. The van der Waals surface area contributed by atoms with Crippen molar-refractivity contribution in [1.29, 1.82) is 0 Å². The van der Waals surface area contributed by atoms with Crippen LogP contribution >= 0.6 is 11.6 Å². The quantitative estimate of drug-likeness (QED) is 0.883. The highest BCUT2D eigenvalue weighted by molar-refractivity contribution is 6.34. The number of amides is 1. The molecule has 0 aliphatic rings. The lowest BCUT2D eigenvalue weighted by Crippen LogP contribution is -2.38. The van der Waals surface area contributed by atoms with Gasteiger partial charge in [-0.05, 0) is 49.9 Å². The SMILES string of the molecule is Cc1cc(Cl)c(C(=O)NC(C)C(C)CO)cc1C. The van der Waals surface area contributed by atoms with Gasteiger partial charge in [0.15, 0.2) is 0 Å². The maximum Gasteiger partial charge on any atom is 0.253 e. The molecule has 0 aromatic heterocycles. The van der Waals surface area contributed by atoms with E-state index in [-0.39, 0.29) is 24.5 Å². The molecule has 2 N–H and O–H groups in total. The lowest BCUT2D eigenvalue weighted by Gasteiger charge is -2.20. The standard InChI is InChI=1S/C14H20ClNO2/c1-8-5-12(13(15)6-9(8)2)14(18)16-11(4)10(3)7-17/h5-6,10-11,17H,7H2,1-4H3,(H,16,18). The summed E-state index contributed by atoms with van der Waals surface area (Å²) in [5.41, 5.74) is 2.58. The lowest BCUT2D eigenvalue weighted by atomic mass is 10.0. The highest BCUT2D eigenvalue weighted by Crippen LogP contribution is 2.21. The summed E-state index contributed by atoms with van der Waals surface area (Å²) in [5.74, 6) is -0.185. The van der Waals surface area contributed by atoms with Crippen LogP contribution in [0.1, 0.15) is 35.3 Å². The first kappa shape index (κ1) is 15.0. The fourth-order valence-electron chi connectivity index (χ4n) is 1.54. The van der Waals surface area contributed by atoms with Crippen molar-refractivity contribution in [2.24, 2.45) is 5.92 Å². The van der Waals surface area contributed by atoms with Crippen molar-refractivity contribution in [3.8, 4) is 0 Å². The van der Waals surface area contributed by atoms with Crippen LogP contribution in [0.2, 0.25) is 5.02 Å². The molecule has 0 saturated carbocycles. The van der Waals surface area contributed by atoms with Gasteiger partial charge in [-0.25, -0.2) is 0 Å². The van der Waals surface area contributed by atoms with E-state index in [2.05, 4.69) is 5.32 Å². The molecule has 1 rings (SSSR count). The predicted molar refractivity (Wildman–Crippen MR) is 74.1 cm³/mol. The van der Waals surface area contributed by atoms with Gasteiger partial charge >= 0.3 is 0 Å². The zero-order chi connectivity index (χ0) is 13.9. The zero-order valence-electron chi connectivity index (χ0n) is 11.2. The number of rotatable bonds is 4. The van der Waals surface area contributed by atoms with Gasteiger partial charge in [0, 0.05) is 12.6 Å². The normalized spacial score (nSPS) is 14.1. The first-order chi connectivity index (χ1) is 8.36. The van der Waals surface area contributed by atoms with E-state index in [9.17, 15) is 4.79 Å². The van der Waals surface area contributed by atoms with E-state index in [1.807, 2.05) is 27.7 Å². The van der Waals surface area contributed by atoms with E-state index in [0.717, 1.165) is 11.1 Å². The third kappa shape index (κ3) is 3.47. The van der Waals surface area contributed by atoms with Gasteiger partial charge in [0.1, 0.15) is 0 Å². The Hall–Kier alpha value is -1.06. The summed E-state index contributed by atoms with van der Waals surface area (Å²) >= 11 is 6.08. The topological polar surface area (TPSA) is 49.3 Å². The van der Waals surface area contributed by atoms with Gasteiger partial charge in [-0.3, -0.25) is 4.79 Å². The molecular formula is C14H20ClNO2. The lowest BCUT2D eigenvalue weighted by molar-refractivity contribution is 0.0916. The Bertz CT molecular complexity index is 446. The van der Waals surface area contributed by atoms with Crippen LogP contribution in [0.25, 0.3) is 0 Å². The van der Waals surface area contributed by atoms with Crippen LogP contribution in [0.4, 0.5) is 0 Å². The summed E-state index contributed by atoms with van der Waals surface area (Å²) in [7, 11) is 0. The summed E-state index contributed by atoms with van der Waals surface area (Å²) in [6.07, 6.45) is 0. The number of benzene rings is 1. The van der Waals surface area contributed by atoms with E-state index in [0.29, 0.717) is 10.6 Å². The average Bonchev–Trinajstić information content (AvgIpc) is 2.32. The van der Waals surface area contributed by atoms with Gasteiger partial charge in [0.2, 0.25) is 0 Å². The summed E-state index contributed by atoms with van der Waals surface area (Å²) in [6, 6.07) is 3.50. The molecule has 0 saturated heterocycles. The molecular weight excluding hydrogens is 250 g/mol. The molecule has 3 nitrogen and oxygen atoms in total. The first-order valence-corrected chi connectivity index (χ1v) is 6.43. The molecule has 4 heteroatoms. The van der Waals surface area contributed by atoms with Crippen molar-refractivity contribution in [2.75, 3.05) is 6.61 Å². The molecule has 1 aromatic rings. The van der Waals surface area contributed by atoms with Gasteiger partial charge in [-0.15, -0.1) is 0 Å². The summed E-state index contributed by atoms with van der Waals surface area (Å²) in [4.78, 5) is 12.1. The number of aliphatic hydroxyl groups excluding tert-OH is 1. The van der Waals surface area contributed by atoms with E-state index in [1.165, 1.54) is 0 Å². The Labute approximate surface area is 113 Å². The van der Waals surface area contributed by atoms with E-state index >= 15 is 0 Å². The minimum Gasteiger partial charge on any atom is -0.396 e. The van der Waals surface area contributed by atoms with Crippen molar-refractivity contribution in [3.63, 3.8) is 0 Å². The molecule has 1 amide bonds. The van der Waals surface area contributed by atoms with Crippen LogP contribution in [-0.4, -0.2) is 23.7 Å². The minimum absolute atomic E-state index is 0.0132. The molecule has 0 aliphatic carbocycles. The number of hydrogen-bond donors (Lipinski definition) is 2. The number of nitrogens with one attached hydrogen (secondary N) is 1. The Balaban J connectivity index is 2.88. The van der Waals surface area contributed by atoms with Crippen molar-refractivity contribution in [1.82, 2.24) is 5.32 Å². The van der Waals surface area contributed by atoms with Crippen LogP contribution < -0.4 is 5.32 Å². The van der Waals surface area contributed by atoms with Crippen molar-refractivity contribution in [2.45, 2.75) is 33.7 Å². The van der Waals surface area contributed by atoms with Crippen LogP contribution in [-0.2, 0) is 0 Å². The first-order valence-electron chi connectivity index (χ1n) is 6.05. The smallest absolute Gasteiger partial charge is 0.253 e.